The molecule has 0 saturated carbocycles. The Balaban J connectivity index is 1.76. The third-order valence-electron chi connectivity index (χ3n) is 2.81. The van der Waals surface area contributed by atoms with Crippen molar-refractivity contribution in [2.75, 3.05) is 11.9 Å². The molecule has 0 saturated heterocycles. The number of carbonyl (C=O) groups excluding carboxylic acids is 2. The number of hydrogen-bond donors (Lipinski definition) is 3. The number of benzene rings is 1. The van der Waals surface area contributed by atoms with Gasteiger partial charge in [0.25, 0.3) is 5.91 Å². The molecule has 0 aliphatic carbocycles. The van der Waals surface area contributed by atoms with E-state index in [4.69, 9.17) is 5.11 Å². The van der Waals surface area contributed by atoms with Gasteiger partial charge in [-0.05, 0) is 29.1 Å². The van der Waals surface area contributed by atoms with E-state index in [0.717, 1.165) is 5.56 Å². The van der Waals surface area contributed by atoms with Crippen LogP contribution in [-0.2, 0) is 11.4 Å². The Kier molecular flexibility index (Phi) is 5.48. The van der Waals surface area contributed by atoms with Crippen LogP contribution in [-0.4, -0.2) is 23.5 Å². The Morgan fingerprint density at radius 2 is 2.10 bits per heavy atom. The van der Waals surface area contributed by atoms with Gasteiger partial charge >= 0.3 is 0 Å². The largest absolute Gasteiger partial charge is 0.392 e. The number of carbonyl (C=O) groups is 2. The topological polar surface area (TPSA) is 78.4 Å². The summed E-state index contributed by atoms with van der Waals surface area (Å²) in [5.74, 6) is -0.359. The summed E-state index contributed by atoms with van der Waals surface area (Å²) < 4.78 is 0. The van der Waals surface area contributed by atoms with Crippen molar-refractivity contribution in [3.63, 3.8) is 0 Å². The number of aliphatic hydroxyl groups is 1. The fourth-order valence-electron chi connectivity index (χ4n) is 1.76. The van der Waals surface area contributed by atoms with Crippen LogP contribution in [0, 0.1) is 0 Å². The normalized spacial score (nSPS) is 10.1. The lowest BCUT2D eigenvalue weighted by Crippen LogP contribution is -2.27. The van der Waals surface area contributed by atoms with Crippen LogP contribution in [0.1, 0.15) is 22.3 Å². The van der Waals surface area contributed by atoms with Gasteiger partial charge in [-0.2, -0.15) is 11.3 Å². The number of amides is 2. The highest BCUT2D eigenvalue weighted by Crippen LogP contribution is 2.10. The molecule has 110 valence electrons. The van der Waals surface area contributed by atoms with Crippen LogP contribution in [0.3, 0.4) is 0 Å². The molecule has 1 aromatic heterocycles. The zero-order chi connectivity index (χ0) is 15.1. The van der Waals surface area contributed by atoms with Gasteiger partial charge in [0.05, 0.1) is 6.61 Å². The van der Waals surface area contributed by atoms with Gasteiger partial charge < -0.3 is 15.7 Å². The zero-order valence-electron chi connectivity index (χ0n) is 11.3. The number of nitrogens with one attached hydrogen (secondary N) is 2. The highest BCUT2D eigenvalue weighted by Gasteiger charge is 2.07. The SMILES string of the molecule is O=C(CCNC(=O)c1ccsc1)Nc1cccc(CO)c1. The molecule has 0 unspecified atom stereocenters. The quantitative estimate of drug-likeness (QED) is 0.764. The number of aliphatic hydroxyl groups excluding tert-OH is 1. The molecule has 5 nitrogen and oxygen atoms in total. The van der Waals surface area contributed by atoms with Crippen LogP contribution in [0.2, 0.25) is 0 Å². The molecule has 3 N–H and O–H groups in total. The molecular weight excluding hydrogens is 288 g/mol. The molecule has 2 aromatic rings. The van der Waals surface area contributed by atoms with Gasteiger partial charge in [0.15, 0.2) is 0 Å². The van der Waals surface area contributed by atoms with Crippen LogP contribution >= 0.6 is 11.3 Å². The second-order valence-corrected chi connectivity index (χ2v) is 5.20. The number of hydrogen-bond acceptors (Lipinski definition) is 4. The maximum Gasteiger partial charge on any atom is 0.252 e. The second kappa shape index (κ2) is 7.56. The van der Waals surface area contributed by atoms with Crippen LogP contribution in [0.25, 0.3) is 0 Å². The van der Waals surface area contributed by atoms with Crippen molar-refractivity contribution in [2.24, 2.45) is 0 Å². The van der Waals surface area contributed by atoms with Crippen molar-refractivity contribution < 1.29 is 14.7 Å². The minimum absolute atomic E-state index is 0.0690. The monoisotopic (exact) mass is 304 g/mol. The summed E-state index contributed by atoms with van der Waals surface area (Å²) in [5, 5.41) is 18.0. The van der Waals surface area contributed by atoms with Gasteiger partial charge in [-0.3, -0.25) is 9.59 Å². The van der Waals surface area contributed by atoms with Crippen molar-refractivity contribution in [3.05, 3.63) is 52.2 Å². The minimum atomic E-state index is -0.185. The molecule has 0 radical (unpaired) electrons. The Hall–Kier alpha value is -2.18. The van der Waals surface area contributed by atoms with Gasteiger partial charge in [0.1, 0.15) is 0 Å². The average Bonchev–Trinajstić information content (AvgIpc) is 3.01. The lowest BCUT2D eigenvalue weighted by Gasteiger charge is -2.07. The first-order valence-corrected chi connectivity index (χ1v) is 7.43. The molecule has 6 heteroatoms. The summed E-state index contributed by atoms with van der Waals surface area (Å²) in [6.07, 6.45) is 0.194. The molecule has 0 spiro atoms. The maximum atomic E-state index is 11.8. The fourth-order valence-corrected chi connectivity index (χ4v) is 2.39. The number of thiophene rings is 1. The van der Waals surface area contributed by atoms with Crippen molar-refractivity contribution >= 4 is 28.8 Å². The molecule has 1 aromatic carbocycles. The first kappa shape index (κ1) is 15.2. The van der Waals surface area contributed by atoms with Crippen LogP contribution in [0.5, 0.6) is 0 Å². The third kappa shape index (κ3) is 4.70. The molecule has 0 aliphatic heterocycles. The summed E-state index contributed by atoms with van der Waals surface area (Å²) in [7, 11) is 0. The molecular formula is C15H16N2O3S. The highest BCUT2D eigenvalue weighted by atomic mass is 32.1. The summed E-state index contributed by atoms with van der Waals surface area (Å²) in [4.78, 5) is 23.4. The Morgan fingerprint density at radius 1 is 1.24 bits per heavy atom. The minimum Gasteiger partial charge on any atom is -0.392 e. The lowest BCUT2D eigenvalue weighted by molar-refractivity contribution is -0.116. The molecule has 1 heterocycles. The standard InChI is InChI=1S/C15H16N2O3S/c18-9-11-2-1-3-13(8-11)17-14(19)4-6-16-15(20)12-5-7-21-10-12/h1-3,5,7-8,10,18H,4,6,9H2,(H,16,20)(H,17,19). The molecule has 0 atom stereocenters. The molecule has 21 heavy (non-hydrogen) atoms. The van der Waals surface area contributed by atoms with Gasteiger partial charge in [0, 0.05) is 29.6 Å². The zero-order valence-corrected chi connectivity index (χ0v) is 12.2. The van der Waals surface area contributed by atoms with E-state index in [1.165, 1.54) is 11.3 Å². The van der Waals surface area contributed by atoms with Crippen molar-refractivity contribution in [1.29, 1.82) is 0 Å². The number of rotatable bonds is 6. The molecule has 2 amide bonds. The van der Waals surface area contributed by atoms with Crippen LogP contribution in [0.4, 0.5) is 5.69 Å². The summed E-state index contributed by atoms with van der Waals surface area (Å²) in [6, 6.07) is 8.74. The van der Waals surface area contributed by atoms with Gasteiger partial charge in [-0.1, -0.05) is 12.1 Å². The van der Waals surface area contributed by atoms with E-state index in [1.807, 2.05) is 5.38 Å². The van der Waals surface area contributed by atoms with Crippen molar-refractivity contribution in [3.8, 4) is 0 Å². The first-order valence-electron chi connectivity index (χ1n) is 6.49. The number of anilines is 1. The van der Waals surface area contributed by atoms with E-state index < -0.39 is 0 Å². The average molecular weight is 304 g/mol. The van der Waals surface area contributed by atoms with Gasteiger partial charge in [0.2, 0.25) is 5.91 Å². The molecule has 0 fully saturated rings. The Bertz CT molecular complexity index is 611. The Labute approximate surface area is 126 Å². The van der Waals surface area contributed by atoms with E-state index in [-0.39, 0.29) is 31.4 Å². The second-order valence-electron chi connectivity index (χ2n) is 4.42. The molecule has 2 rings (SSSR count). The summed E-state index contributed by atoms with van der Waals surface area (Å²) >= 11 is 1.45. The van der Waals surface area contributed by atoms with Crippen molar-refractivity contribution in [2.45, 2.75) is 13.0 Å². The van der Waals surface area contributed by atoms with Crippen LogP contribution < -0.4 is 10.6 Å². The van der Waals surface area contributed by atoms with E-state index in [9.17, 15) is 9.59 Å². The molecule has 0 bridgehead atoms. The van der Waals surface area contributed by atoms with Gasteiger partial charge in [-0.15, -0.1) is 0 Å². The summed E-state index contributed by atoms with van der Waals surface area (Å²) in [5.41, 5.74) is 1.98. The predicted octanol–water partition coefficient (Wildman–Crippen LogP) is 2.00. The summed E-state index contributed by atoms with van der Waals surface area (Å²) in [6.45, 7) is 0.209. The third-order valence-corrected chi connectivity index (χ3v) is 3.50. The fraction of sp³-hybridized carbons (Fsp3) is 0.200. The first-order chi connectivity index (χ1) is 10.2. The van der Waals surface area contributed by atoms with E-state index in [2.05, 4.69) is 10.6 Å². The van der Waals surface area contributed by atoms with Crippen molar-refractivity contribution in [1.82, 2.24) is 5.32 Å². The van der Waals surface area contributed by atoms with E-state index >= 15 is 0 Å². The predicted molar refractivity (Wildman–Crippen MR) is 82.3 cm³/mol. The lowest BCUT2D eigenvalue weighted by atomic mass is 10.2. The smallest absolute Gasteiger partial charge is 0.252 e. The Morgan fingerprint density at radius 3 is 2.81 bits per heavy atom. The maximum absolute atomic E-state index is 11.8. The van der Waals surface area contributed by atoms with E-state index in [0.29, 0.717) is 11.3 Å². The van der Waals surface area contributed by atoms with Crippen LogP contribution in [0.15, 0.2) is 41.1 Å². The van der Waals surface area contributed by atoms with Gasteiger partial charge in [-0.25, -0.2) is 0 Å². The highest BCUT2D eigenvalue weighted by molar-refractivity contribution is 7.08. The van der Waals surface area contributed by atoms with E-state index in [1.54, 1.807) is 35.7 Å². The molecule has 0 aliphatic rings.